The van der Waals surface area contributed by atoms with Gasteiger partial charge in [0.2, 0.25) is 0 Å². The molecule has 0 radical (unpaired) electrons. The lowest BCUT2D eigenvalue weighted by molar-refractivity contribution is -0.673. The SMILES string of the molecule is COC(=O)c1cc(SC)c[n+](C)c1. The number of methoxy groups -OCH3 is 1. The highest BCUT2D eigenvalue weighted by molar-refractivity contribution is 7.98. The van der Waals surface area contributed by atoms with Crippen LogP contribution in [-0.4, -0.2) is 19.3 Å². The van der Waals surface area contributed by atoms with Crippen molar-refractivity contribution in [1.29, 1.82) is 0 Å². The van der Waals surface area contributed by atoms with Crippen molar-refractivity contribution in [2.24, 2.45) is 7.05 Å². The summed E-state index contributed by atoms with van der Waals surface area (Å²) in [5.74, 6) is -0.300. The van der Waals surface area contributed by atoms with E-state index >= 15 is 0 Å². The molecule has 0 aliphatic heterocycles. The number of hydrogen-bond acceptors (Lipinski definition) is 3. The summed E-state index contributed by atoms with van der Waals surface area (Å²) in [7, 11) is 3.26. The van der Waals surface area contributed by atoms with E-state index in [-0.39, 0.29) is 5.97 Å². The molecule has 1 aromatic heterocycles. The summed E-state index contributed by atoms with van der Waals surface area (Å²) in [5.41, 5.74) is 0.580. The van der Waals surface area contributed by atoms with Crippen LogP contribution in [0.15, 0.2) is 23.4 Å². The van der Waals surface area contributed by atoms with E-state index in [0.717, 1.165) is 4.90 Å². The molecule has 0 unspecified atom stereocenters. The molecule has 4 heteroatoms. The van der Waals surface area contributed by atoms with Gasteiger partial charge in [-0.2, -0.15) is 0 Å². The van der Waals surface area contributed by atoms with Crippen LogP contribution in [0.3, 0.4) is 0 Å². The van der Waals surface area contributed by atoms with E-state index in [9.17, 15) is 4.79 Å². The van der Waals surface area contributed by atoms with Gasteiger partial charge in [0.05, 0.1) is 12.0 Å². The number of carbonyl (C=O) groups is 1. The Morgan fingerprint density at radius 3 is 2.77 bits per heavy atom. The van der Waals surface area contributed by atoms with Crippen LogP contribution in [0.5, 0.6) is 0 Å². The molecular formula is C9H12NO2S+. The first-order chi connectivity index (χ1) is 6.17. The minimum atomic E-state index is -0.300. The first-order valence-corrected chi connectivity index (χ1v) is 5.02. The fraction of sp³-hybridized carbons (Fsp3) is 0.333. The Balaban J connectivity index is 3.08. The number of carbonyl (C=O) groups excluding carboxylic acids is 1. The minimum Gasteiger partial charge on any atom is -0.465 e. The molecule has 1 rings (SSSR count). The molecule has 0 saturated carbocycles. The minimum absolute atomic E-state index is 0.300. The molecule has 70 valence electrons. The van der Waals surface area contributed by atoms with Crippen LogP contribution in [-0.2, 0) is 11.8 Å². The first kappa shape index (κ1) is 10.1. The van der Waals surface area contributed by atoms with Crippen LogP contribution in [0, 0.1) is 0 Å². The third kappa shape index (κ3) is 2.45. The number of rotatable bonds is 2. The van der Waals surface area contributed by atoms with Crippen LogP contribution in [0.4, 0.5) is 0 Å². The van der Waals surface area contributed by atoms with Gasteiger partial charge in [0, 0.05) is 0 Å². The highest BCUT2D eigenvalue weighted by Gasteiger charge is 2.11. The summed E-state index contributed by atoms with van der Waals surface area (Å²) in [5, 5.41) is 0. The van der Waals surface area contributed by atoms with E-state index in [0.29, 0.717) is 5.56 Å². The zero-order valence-electron chi connectivity index (χ0n) is 7.90. The molecule has 0 spiro atoms. The molecule has 13 heavy (non-hydrogen) atoms. The summed E-state index contributed by atoms with van der Waals surface area (Å²) in [6.07, 6.45) is 5.67. The lowest BCUT2D eigenvalue weighted by Crippen LogP contribution is -2.28. The standard InChI is InChI=1S/C9H12NO2S/c1-10-5-7(9(11)12-2)4-8(6-10)13-3/h4-6H,1-3H3/q+1. The average molecular weight is 198 g/mol. The molecule has 0 aliphatic rings. The number of pyridine rings is 1. The number of aryl methyl sites for hydroxylation is 1. The molecule has 0 saturated heterocycles. The Morgan fingerprint density at radius 2 is 2.23 bits per heavy atom. The molecule has 1 heterocycles. The van der Waals surface area contributed by atoms with E-state index < -0.39 is 0 Å². The Morgan fingerprint density at radius 1 is 1.54 bits per heavy atom. The third-order valence-corrected chi connectivity index (χ3v) is 2.32. The molecule has 0 atom stereocenters. The van der Waals surface area contributed by atoms with Crippen molar-refractivity contribution in [1.82, 2.24) is 0 Å². The number of aromatic nitrogens is 1. The summed E-state index contributed by atoms with van der Waals surface area (Å²) in [6.45, 7) is 0. The zero-order valence-corrected chi connectivity index (χ0v) is 8.72. The van der Waals surface area contributed by atoms with E-state index in [1.807, 2.05) is 30.1 Å². The summed E-state index contributed by atoms with van der Waals surface area (Å²) in [4.78, 5) is 12.2. The van der Waals surface area contributed by atoms with E-state index in [2.05, 4.69) is 4.74 Å². The topological polar surface area (TPSA) is 30.2 Å². The molecular weight excluding hydrogens is 186 g/mol. The Bertz CT molecular complexity index is 325. The molecule has 0 aliphatic carbocycles. The molecule has 0 N–H and O–H groups in total. The molecule has 0 amide bonds. The second-order valence-electron chi connectivity index (χ2n) is 2.62. The number of ether oxygens (including phenoxy) is 1. The number of nitrogens with zero attached hydrogens (tertiary/aromatic N) is 1. The molecule has 0 bridgehead atoms. The van der Waals surface area contributed by atoms with Gasteiger partial charge in [0.1, 0.15) is 12.6 Å². The highest BCUT2D eigenvalue weighted by Crippen LogP contribution is 2.13. The van der Waals surface area contributed by atoms with Crippen LogP contribution >= 0.6 is 11.8 Å². The Labute approximate surface area is 81.7 Å². The zero-order chi connectivity index (χ0) is 9.84. The van der Waals surface area contributed by atoms with Crippen LogP contribution in [0.2, 0.25) is 0 Å². The summed E-state index contributed by atoms with van der Waals surface area (Å²) in [6, 6.07) is 1.82. The number of thioether (sulfide) groups is 1. The van der Waals surface area contributed by atoms with Crippen molar-refractivity contribution in [3.05, 3.63) is 24.0 Å². The van der Waals surface area contributed by atoms with Crippen LogP contribution < -0.4 is 4.57 Å². The van der Waals surface area contributed by atoms with Gasteiger partial charge in [0.15, 0.2) is 12.4 Å². The average Bonchev–Trinajstić information content (AvgIpc) is 2.15. The largest absolute Gasteiger partial charge is 0.465 e. The van der Waals surface area contributed by atoms with Gasteiger partial charge < -0.3 is 4.74 Å². The first-order valence-electron chi connectivity index (χ1n) is 3.80. The quantitative estimate of drug-likeness (QED) is 0.404. The number of esters is 1. The van der Waals surface area contributed by atoms with Crippen molar-refractivity contribution in [2.75, 3.05) is 13.4 Å². The predicted octanol–water partition coefficient (Wildman–Crippen LogP) is 1.02. The van der Waals surface area contributed by atoms with E-state index in [1.54, 1.807) is 18.0 Å². The molecule has 3 nitrogen and oxygen atoms in total. The second-order valence-corrected chi connectivity index (χ2v) is 3.50. The van der Waals surface area contributed by atoms with Gasteiger partial charge in [-0.15, -0.1) is 11.8 Å². The van der Waals surface area contributed by atoms with Gasteiger partial charge in [-0.1, -0.05) is 0 Å². The molecule has 0 aromatic carbocycles. The van der Waals surface area contributed by atoms with Crippen molar-refractivity contribution in [3.8, 4) is 0 Å². The monoisotopic (exact) mass is 198 g/mol. The normalized spacial score (nSPS) is 9.77. The van der Waals surface area contributed by atoms with Gasteiger partial charge >= 0.3 is 5.97 Å². The van der Waals surface area contributed by atoms with Crippen molar-refractivity contribution >= 4 is 17.7 Å². The predicted molar refractivity (Wildman–Crippen MR) is 50.7 cm³/mol. The second kappa shape index (κ2) is 4.28. The Kier molecular flexibility index (Phi) is 3.31. The lowest BCUT2D eigenvalue weighted by atomic mass is 10.3. The van der Waals surface area contributed by atoms with Crippen molar-refractivity contribution < 1.29 is 14.1 Å². The third-order valence-electron chi connectivity index (χ3n) is 1.63. The Hall–Kier alpha value is -1.03. The fourth-order valence-electron chi connectivity index (χ4n) is 1.03. The van der Waals surface area contributed by atoms with Gasteiger partial charge in [-0.3, -0.25) is 0 Å². The summed E-state index contributed by atoms with van der Waals surface area (Å²) >= 11 is 1.60. The molecule has 0 fully saturated rings. The smallest absolute Gasteiger partial charge is 0.344 e. The summed E-state index contributed by atoms with van der Waals surface area (Å²) < 4.78 is 6.47. The van der Waals surface area contributed by atoms with E-state index in [1.165, 1.54) is 7.11 Å². The molecule has 1 aromatic rings. The van der Waals surface area contributed by atoms with Crippen molar-refractivity contribution in [2.45, 2.75) is 4.90 Å². The lowest BCUT2D eigenvalue weighted by Gasteiger charge is -1.99. The highest BCUT2D eigenvalue weighted by atomic mass is 32.2. The van der Waals surface area contributed by atoms with Crippen molar-refractivity contribution in [3.63, 3.8) is 0 Å². The van der Waals surface area contributed by atoms with E-state index in [4.69, 9.17) is 0 Å². The van der Waals surface area contributed by atoms with Crippen LogP contribution in [0.1, 0.15) is 10.4 Å². The van der Waals surface area contributed by atoms with Gasteiger partial charge in [-0.25, -0.2) is 9.36 Å². The number of hydrogen-bond donors (Lipinski definition) is 0. The maximum atomic E-state index is 11.2. The maximum absolute atomic E-state index is 11.2. The maximum Gasteiger partial charge on any atom is 0.344 e. The van der Waals surface area contributed by atoms with Gasteiger partial charge in [-0.05, 0) is 12.3 Å². The van der Waals surface area contributed by atoms with Gasteiger partial charge in [0.25, 0.3) is 0 Å². The van der Waals surface area contributed by atoms with Crippen LogP contribution in [0.25, 0.3) is 0 Å². The fourth-order valence-corrected chi connectivity index (χ4v) is 1.54.